The molecule has 0 spiro atoms. The van der Waals surface area contributed by atoms with Crippen molar-refractivity contribution in [3.8, 4) is 0 Å². The van der Waals surface area contributed by atoms with Gasteiger partial charge in [0.05, 0.1) is 10.9 Å². The average molecular weight is 397 g/mol. The molecular weight excluding hydrogens is 360 g/mol. The van der Waals surface area contributed by atoms with E-state index in [4.69, 9.17) is 5.73 Å². The first-order valence-corrected chi connectivity index (χ1v) is 11.3. The smallest absolute Gasteiger partial charge is 0.264 e. The van der Waals surface area contributed by atoms with Crippen LogP contribution in [0.4, 0.5) is 0 Å². The van der Waals surface area contributed by atoms with E-state index in [1.165, 1.54) is 0 Å². The zero-order chi connectivity index (χ0) is 21.1. The van der Waals surface area contributed by atoms with Gasteiger partial charge in [-0.05, 0) is 46.8 Å². The van der Waals surface area contributed by atoms with E-state index in [1.54, 1.807) is 0 Å². The average Bonchev–Trinajstić information content (AvgIpc) is 2.52. The summed E-state index contributed by atoms with van der Waals surface area (Å²) >= 11 is 0. The molecule has 1 rings (SSSR count). The summed E-state index contributed by atoms with van der Waals surface area (Å²) < 4.78 is 28.6. The van der Waals surface area contributed by atoms with Crippen LogP contribution in [0.15, 0.2) is 17.0 Å². The molecule has 0 radical (unpaired) electrons. The van der Waals surface area contributed by atoms with Gasteiger partial charge in [0.2, 0.25) is 0 Å². The highest BCUT2D eigenvalue weighted by Crippen LogP contribution is 2.35. The molecule has 0 saturated heterocycles. The lowest BCUT2D eigenvalue weighted by Crippen LogP contribution is -2.44. The highest BCUT2D eigenvalue weighted by atomic mass is 32.2. The molecule has 1 atom stereocenters. The summed E-state index contributed by atoms with van der Waals surface area (Å²) in [4.78, 5) is 12.6. The van der Waals surface area contributed by atoms with Gasteiger partial charge in [-0.1, -0.05) is 67.5 Å². The molecule has 6 heteroatoms. The molecule has 1 aromatic rings. The zero-order valence-corrected chi connectivity index (χ0v) is 18.8. The van der Waals surface area contributed by atoms with Gasteiger partial charge < -0.3 is 5.73 Å². The lowest BCUT2D eigenvalue weighted by molar-refractivity contribution is -0.120. The zero-order valence-electron chi connectivity index (χ0n) is 18.0. The van der Waals surface area contributed by atoms with E-state index >= 15 is 0 Å². The molecular formula is C21H36N2O3S. The molecule has 0 aliphatic rings. The first-order valence-electron chi connectivity index (χ1n) is 9.77. The van der Waals surface area contributed by atoms with Crippen LogP contribution >= 0.6 is 0 Å². The first kappa shape index (κ1) is 23.6. The summed E-state index contributed by atoms with van der Waals surface area (Å²) in [6, 6.07) is 3.06. The van der Waals surface area contributed by atoms with E-state index in [9.17, 15) is 13.2 Å². The lowest BCUT2D eigenvalue weighted by atomic mass is 9.89. The maximum Gasteiger partial charge on any atom is 0.264 e. The number of amides is 1. The minimum absolute atomic E-state index is 0.00668. The molecule has 3 N–H and O–H groups in total. The number of nitrogens with two attached hydrogens (primary N) is 1. The van der Waals surface area contributed by atoms with Crippen LogP contribution in [0, 0.1) is 5.92 Å². The van der Waals surface area contributed by atoms with Crippen LogP contribution in [0.1, 0.15) is 96.3 Å². The summed E-state index contributed by atoms with van der Waals surface area (Å²) in [6.07, 6.45) is 0.432. The molecule has 0 unspecified atom stereocenters. The number of rotatable bonds is 8. The monoisotopic (exact) mass is 396 g/mol. The van der Waals surface area contributed by atoms with Gasteiger partial charge in [0.1, 0.15) is 0 Å². The summed E-state index contributed by atoms with van der Waals surface area (Å²) in [5.74, 6) is -0.150. The largest absolute Gasteiger partial charge is 0.320 e. The van der Waals surface area contributed by atoms with Crippen LogP contribution in [0.3, 0.4) is 0 Å². The summed E-state index contributed by atoms with van der Waals surface area (Å²) in [5.41, 5.74) is 8.46. The predicted octanol–water partition coefficient (Wildman–Crippen LogP) is 4.24. The Morgan fingerprint density at radius 3 is 1.70 bits per heavy atom. The molecule has 0 aromatic heterocycles. The maximum atomic E-state index is 13.2. The minimum atomic E-state index is -4.01. The summed E-state index contributed by atoms with van der Waals surface area (Å²) in [5, 5.41) is 0. The maximum absolute atomic E-state index is 13.2. The normalized spacial score (nSPS) is 13.7. The summed E-state index contributed by atoms with van der Waals surface area (Å²) in [6.45, 7) is 15.9. The quantitative estimate of drug-likeness (QED) is 0.688. The van der Waals surface area contributed by atoms with Crippen LogP contribution in [-0.4, -0.2) is 20.4 Å². The second-order valence-corrected chi connectivity index (χ2v) is 10.3. The Balaban J connectivity index is 3.51. The second kappa shape index (κ2) is 9.20. The Bertz CT molecular complexity index is 737. The van der Waals surface area contributed by atoms with Gasteiger partial charge in [-0.2, -0.15) is 0 Å². The molecule has 0 fully saturated rings. The second-order valence-electron chi connectivity index (χ2n) is 8.70. The van der Waals surface area contributed by atoms with Gasteiger partial charge in [0.15, 0.2) is 0 Å². The topological polar surface area (TPSA) is 89.3 Å². The van der Waals surface area contributed by atoms with Crippen LogP contribution in [0.2, 0.25) is 0 Å². The first-order chi connectivity index (χ1) is 12.3. The molecule has 0 heterocycles. The molecule has 5 nitrogen and oxygen atoms in total. The van der Waals surface area contributed by atoms with Crippen LogP contribution in [-0.2, 0) is 14.8 Å². The van der Waals surface area contributed by atoms with E-state index in [0.717, 1.165) is 16.7 Å². The van der Waals surface area contributed by atoms with Gasteiger partial charge in [0, 0.05) is 0 Å². The standard InChI is InChI=1S/C21H36N2O3S/c1-12(2)9-19(22)21(24)23-27(25,26)20-17(14(5)6)10-16(13(3)4)11-18(20)15(7)8/h10-15,19H,9,22H2,1-8H3,(H,23,24)/t19-/m0/s1. The SMILES string of the molecule is CC(C)C[C@H](N)C(=O)NS(=O)(=O)c1c(C(C)C)cc(C(C)C)cc1C(C)C. The van der Waals surface area contributed by atoms with Crippen molar-refractivity contribution in [2.45, 2.75) is 90.5 Å². The Hall–Kier alpha value is -1.40. The van der Waals surface area contributed by atoms with Gasteiger partial charge in [-0.3, -0.25) is 4.79 Å². The Kier molecular flexibility index (Phi) is 8.05. The minimum Gasteiger partial charge on any atom is -0.320 e. The molecule has 0 saturated carbocycles. The lowest BCUT2D eigenvalue weighted by Gasteiger charge is -2.23. The van der Waals surface area contributed by atoms with Crippen molar-refractivity contribution in [2.75, 3.05) is 0 Å². The van der Waals surface area contributed by atoms with E-state index in [0.29, 0.717) is 6.42 Å². The van der Waals surface area contributed by atoms with Crippen molar-refractivity contribution in [1.29, 1.82) is 0 Å². The van der Waals surface area contributed by atoms with Crippen molar-refractivity contribution >= 4 is 15.9 Å². The van der Waals surface area contributed by atoms with Crippen LogP contribution in [0.5, 0.6) is 0 Å². The van der Waals surface area contributed by atoms with Gasteiger partial charge in [-0.15, -0.1) is 0 Å². The van der Waals surface area contributed by atoms with E-state index in [-0.39, 0.29) is 28.6 Å². The number of hydrogen-bond donors (Lipinski definition) is 2. The molecule has 27 heavy (non-hydrogen) atoms. The van der Waals surface area contributed by atoms with Crippen molar-refractivity contribution in [3.63, 3.8) is 0 Å². The van der Waals surface area contributed by atoms with E-state index in [2.05, 4.69) is 18.6 Å². The van der Waals surface area contributed by atoms with Crippen LogP contribution in [0.25, 0.3) is 0 Å². The number of carbonyl (C=O) groups is 1. The fourth-order valence-electron chi connectivity index (χ4n) is 3.07. The Morgan fingerprint density at radius 2 is 1.37 bits per heavy atom. The van der Waals surface area contributed by atoms with Gasteiger partial charge in [-0.25, -0.2) is 13.1 Å². The Labute approximate surface area is 165 Å². The number of sulfonamides is 1. The Morgan fingerprint density at radius 1 is 0.926 bits per heavy atom. The van der Waals surface area contributed by atoms with Crippen LogP contribution < -0.4 is 10.5 Å². The van der Waals surface area contributed by atoms with Gasteiger partial charge >= 0.3 is 0 Å². The predicted molar refractivity (Wildman–Crippen MR) is 111 cm³/mol. The summed E-state index contributed by atoms with van der Waals surface area (Å²) in [7, 11) is -4.01. The third kappa shape index (κ3) is 6.04. The van der Waals surface area contributed by atoms with Gasteiger partial charge in [0.25, 0.3) is 15.9 Å². The molecule has 0 aliphatic carbocycles. The highest BCUT2D eigenvalue weighted by Gasteiger charge is 2.29. The fourth-order valence-corrected chi connectivity index (χ4v) is 4.80. The van der Waals surface area contributed by atoms with Crippen molar-refractivity contribution in [2.24, 2.45) is 11.7 Å². The molecule has 154 valence electrons. The molecule has 1 amide bonds. The number of carbonyl (C=O) groups excluding carboxylic acids is 1. The van der Waals surface area contributed by atoms with Crippen molar-refractivity contribution in [1.82, 2.24) is 4.72 Å². The molecule has 0 bridgehead atoms. The third-order valence-corrected chi connectivity index (χ3v) is 6.12. The van der Waals surface area contributed by atoms with E-state index in [1.807, 2.05) is 53.7 Å². The highest BCUT2D eigenvalue weighted by molar-refractivity contribution is 7.90. The fraction of sp³-hybridized carbons (Fsp3) is 0.667. The third-order valence-electron chi connectivity index (χ3n) is 4.65. The van der Waals surface area contributed by atoms with E-state index < -0.39 is 22.0 Å². The number of nitrogens with one attached hydrogen (secondary N) is 1. The van der Waals surface area contributed by atoms with Crippen molar-refractivity contribution < 1.29 is 13.2 Å². The molecule has 1 aromatic carbocycles. The number of hydrogen-bond acceptors (Lipinski definition) is 4. The van der Waals surface area contributed by atoms with Crippen molar-refractivity contribution in [3.05, 3.63) is 28.8 Å². The molecule has 0 aliphatic heterocycles. The number of benzene rings is 1.